The maximum absolute atomic E-state index is 11.5. The topological polar surface area (TPSA) is 37.8 Å². The SMILES string of the molecule is Cn1c(=O)[nH]c2ccc3ccccc3c21. The quantitative estimate of drug-likeness (QED) is 0.589. The van der Waals surface area contributed by atoms with Gasteiger partial charge in [0.05, 0.1) is 11.0 Å². The molecule has 3 heteroatoms. The molecule has 0 aliphatic rings. The predicted molar refractivity (Wildman–Crippen MR) is 61.0 cm³/mol. The van der Waals surface area contributed by atoms with E-state index in [1.54, 1.807) is 11.6 Å². The number of fused-ring (bicyclic) bond motifs is 3. The van der Waals surface area contributed by atoms with Gasteiger partial charge in [0.2, 0.25) is 0 Å². The van der Waals surface area contributed by atoms with Crippen LogP contribution in [0.3, 0.4) is 0 Å². The maximum Gasteiger partial charge on any atom is 0.326 e. The molecule has 3 rings (SSSR count). The molecule has 0 saturated heterocycles. The van der Waals surface area contributed by atoms with E-state index < -0.39 is 0 Å². The zero-order valence-corrected chi connectivity index (χ0v) is 8.32. The Kier molecular flexibility index (Phi) is 1.51. The third-order valence-corrected chi connectivity index (χ3v) is 2.78. The summed E-state index contributed by atoms with van der Waals surface area (Å²) >= 11 is 0. The molecule has 0 atom stereocenters. The molecule has 3 nitrogen and oxygen atoms in total. The minimum absolute atomic E-state index is 0.0682. The van der Waals surface area contributed by atoms with E-state index in [0.29, 0.717) is 0 Å². The highest BCUT2D eigenvalue weighted by Crippen LogP contribution is 2.22. The Morgan fingerprint density at radius 1 is 1.13 bits per heavy atom. The lowest BCUT2D eigenvalue weighted by molar-refractivity contribution is 0.894. The molecule has 0 saturated carbocycles. The monoisotopic (exact) mass is 198 g/mol. The van der Waals surface area contributed by atoms with Crippen molar-refractivity contribution >= 4 is 21.8 Å². The predicted octanol–water partition coefficient (Wildman–Crippen LogP) is 2.02. The Balaban J connectivity index is 2.69. The van der Waals surface area contributed by atoms with Gasteiger partial charge in [-0.3, -0.25) is 4.57 Å². The van der Waals surface area contributed by atoms with Crippen LogP contribution in [0.15, 0.2) is 41.2 Å². The molecule has 0 aliphatic carbocycles. The zero-order valence-electron chi connectivity index (χ0n) is 8.32. The van der Waals surface area contributed by atoms with Crippen molar-refractivity contribution in [1.29, 1.82) is 0 Å². The van der Waals surface area contributed by atoms with E-state index in [-0.39, 0.29) is 5.69 Å². The molecule has 1 N–H and O–H groups in total. The summed E-state index contributed by atoms with van der Waals surface area (Å²) in [5, 5.41) is 2.26. The number of hydrogen-bond acceptors (Lipinski definition) is 1. The molecule has 0 spiro atoms. The van der Waals surface area contributed by atoms with Crippen molar-refractivity contribution in [2.75, 3.05) is 0 Å². The van der Waals surface area contributed by atoms with E-state index in [1.165, 1.54) is 0 Å². The van der Waals surface area contributed by atoms with Crippen LogP contribution in [0.4, 0.5) is 0 Å². The third kappa shape index (κ3) is 1.03. The second-order valence-corrected chi connectivity index (χ2v) is 3.67. The van der Waals surface area contributed by atoms with E-state index in [1.807, 2.05) is 36.4 Å². The molecular formula is C12H10N2O. The molecular weight excluding hydrogens is 188 g/mol. The van der Waals surface area contributed by atoms with Gasteiger partial charge in [-0.2, -0.15) is 0 Å². The number of nitrogens with one attached hydrogen (secondary N) is 1. The second kappa shape index (κ2) is 2.73. The highest BCUT2D eigenvalue weighted by molar-refractivity contribution is 6.04. The van der Waals surface area contributed by atoms with Crippen LogP contribution in [-0.4, -0.2) is 9.55 Å². The Morgan fingerprint density at radius 3 is 2.80 bits per heavy atom. The van der Waals surface area contributed by atoms with Gasteiger partial charge in [0, 0.05) is 12.4 Å². The smallest absolute Gasteiger partial charge is 0.306 e. The fourth-order valence-corrected chi connectivity index (χ4v) is 2.02. The van der Waals surface area contributed by atoms with Gasteiger partial charge in [0.15, 0.2) is 0 Å². The van der Waals surface area contributed by atoms with Crippen LogP contribution >= 0.6 is 0 Å². The second-order valence-electron chi connectivity index (χ2n) is 3.67. The van der Waals surface area contributed by atoms with Crippen molar-refractivity contribution in [3.8, 4) is 0 Å². The van der Waals surface area contributed by atoms with Gasteiger partial charge in [0.1, 0.15) is 0 Å². The average Bonchev–Trinajstić information content (AvgIpc) is 2.55. The van der Waals surface area contributed by atoms with E-state index in [9.17, 15) is 4.79 Å². The molecule has 0 bridgehead atoms. The van der Waals surface area contributed by atoms with Gasteiger partial charge in [-0.25, -0.2) is 4.79 Å². The van der Waals surface area contributed by atoms with Crippen LogP contribution in [0.1, 0.15) is 0 Å². The van der Waals surface area contributed by atoms with Crippen molar-refractivity contribution < 1.29 is 0 Å². The van der Waals surface area contributed by atoms with E-state index in [2.05, 4.69) is 4.98 Å². The lowest BCUT2D eigenvalue weighted by Crippen LogP contribution is -2.11. The van der Waals surface area contributed by atoms with E-state index >= 15 is 0 Å². The molecule has 0 unspecified atom stereocenters. The van der Waals surface area contributed by atoms with Crippen LogP contribution in [0, 0.1) is 0 Å². The van der Waals surface area contributed by atoms with Gasteiger partial charge < -0.3 is 4.98 Å². The van der Waals surface area contributed by atoms with Crippen LogP contribution in [0.25, 0.3) is 21.8 Å². The van der Waals surface area contributed by atoms with Gasteiger partial charge in [0.25, 0.3) is 0 Å². The molecule has 1 aromatic heterocycles. The Labute approximate surface area is 86.0 Å². The molecule has 0 amide bonds. The number of aromatic amines is 1. The lowest BCUT2D eigenvalue weighted by Gasteiger charge is -2.00. The molecule has 74 valence electrons. The molecule has 1 heterocycles. The van der Waals surface area contributed by atoms with Crippen molar-refractivity contribution in [1.82, 2.24) is 9.55 Å². The van der Waals surface area contributed by atoms with Gasteiger partial charge in [-0.15, -0.1) is 0 Å². The Morgan fingerprint density at radius 2 is 1.93 bits per heavy atom. The van der Waals surface area contributed by atoms with Crippen LogP contribution in [0.2, 0.25) is 0 Å². The fraction of sp³-hybridized carbons (Fsp3) is 0.0833. The standard InChI is InChI=1S/C12H10N2O/c1-14-11-9-5-3-2-4-8(9)6-7-10(11)13-12(14)15/h2-7H,1H3,(H,13,15). The summed E-state index contributed by atoms with van der Waals surface area (Å²) in [5.41, 5.74) is 1.79. The largest absolute Gasteiger partial charge is 0.326 e. The van der Waals surface area contributed by atoms with Crippen molar-refractivity contribution in [2.45, 2.75) is 0 Å². The third-order valence-electron chi connectivity index (χ3n) is 2.78. The summed E-state index contributed by atoms with van der Waals surface area (Å²) < 4.78 is 1.65. The summed E-state index contributed by atoms with van der Waals surface area (Å²) in [4.78, 5) is 14.3. The number of H-pyrrole nitrogens is 1. The number of hydrogen-bond donors (Lipinski definition) is 1. The normalized spacial score (nSPS) is 11.3. The van der Waals surface area contributed by atoms with E-state index in [4.69, 9.17) is 0 Å². The van der Waals surface area contributed by atoms with Gasteiger partial charge in [-0.05, 0) is 11.5 Å². The molecule has 0 radical (unpaired) electrons. The summed E-state index contributed by atoms with van der Waals surface area (Å²) in [6, 6.07) is 12.0. The summed E-state index contributed by atoms with van der Waals surface area (Å²) in [6.07, 6.45) is 0. The van der Waals surface area contributed by atoms with E-state index in [0.717, 1.165) is 21.8 Å². The summed E-state index contributed by atoms with van der Waals surface area (Å²) in [6.45, 7) is 0. The molecule has 0 fully saturated rings. The number of rotatable bonds is 0. The van der Waals surface area contributed by atoms with Crippen molar-refractivity contribution in [2.24, 2.45) is 7.05 Å². The number of benzene rings is 2. The number of imidazole rings is 1. The summed E-state index contributed by atoms with van der Waals surface area (Å²) in [5.74, 6) is 0. The first-order chi connectivity index (χ1) is 7.27. The molecule has 15 heavy (non-hydrogen) atoms. The minimum Gasteiger partial charge on any atom is -0.306 e. The molecule has 3 aromatic rings. The number of aryl methyl sites for hydroxylation is 1. The minimum atomic E-state index is -0.0682. The first kappa shape index (κ1) is 8.29. The molecule has 2 aromatic carbocycles. The first-order valence-electron chi connectivity index (χ1n) is 4.84. The first-order valence-corrected chi connectivity index (χ1v) is 4.84. The lowest BCUT2D eigenvalue weighted by atomic mass is 10.1. The molecule has 0 aliphatic heterocycles. The Bertz CT molecular complexity index is 706. The zero-order chi connectivity index (χ0) is 10.4. The van der Waals surface area contributed by atoms with Crippen LogP contribution < -0.4 is 5.69 Å². The number of nitrogens with zero attached hydrogens (tertiary/aromatic N) is 1. The number of aromatic nitrogens is 2. The highest BCUT2D eigenvalue weighted by Gasteiger charge is 2.05. The van der Waals surface area contributed by atoms with Crippen LogP contribution in [-0.2, 0) is 7.05 Å². The van der Waals surface area contributed by atoms with Crippen molar-refractivity contribution in [3.63, 3.8) is 0 Å². The maximum atomic E-state index is 11.5. The van der Waals surface area contributed by atoms with Gasteiger partial charge in [-0.1, -0.05) is 30.3 Å². The Hall–Kier alpha value is -2.03. The van der Waals surface area contributed by atoms with Crippen molar-refractivity contribution in [3.05, 3.63) is 46.9 Å². The highest BCUT2D eigenvalue weighted by atomic mass is 16.1. The van der Waals surface area contributed by atoms with Gasteiger partial charge >= 0.3 is 5.69 Å². The average molecular weight is 198 g/mol. The van der Waals surface area contributed by atoms with Crippen LogP contribution in [0.5, 0.6) is 0 Å². The summed E-state index contributed by atoms with van der Waals surface area (Å²) in [7, 11) is 1.79. The fourth-order valence-electron chi connectivity index (χ4n) is 2.02.